The zero-order valence-corrected chi connectivity index (χ0v) is 11.7. The highest BCUT2D eigenvalue weighted by Gasteiger charge is 2.31. The van der Waals surface area contributed by atoms with Gasteiger partial charge >= 0.3 is 0 Å². The Morgan fingerprint density at radius 1 is 1.44 bits per heavy atom. The molecule has 2 rings (SSSR count). The molecule has 0 aliphatic carbocycles. The van der Waals surface area contributed by atoms with Crippen LogP contribution < -0.4 is 10.6 Å². The summed E-state index contributed by atoms with van der Waals surface area (Å²) in [6.45, 7) is 2.50. The summed E-state index contributed by atoms with van der Waals surface area (Å²) in [6.07, 6.45) is 0.705. The smallest absolute Gasteiger partial charge is 0.152 e. The van der Waals surface area contributed by atoms with E-state index in [-0.39, 0.29) is 11.8 Å². The molecule has 1 aliphatic heterocycles. The van der Waals surface area contributed by atoms with Crippen molar-refractivity contribution >= 4 is 15.5 Å². The van der Waals surface area contributed by atoms with Gasteiger partial charge in [-0.05, 0) is 25.0 Å². The predicted molar refractivity (Wildman–Crippen MR) is 74.5 cm³/mol. The summed E-state index contributed by atoms with van der Waals surface area (Å²) in [7, 11) is -0.895. The van der Waals surface area contributed by atoms with Gasteiger partial charge in [-0.2, -0.15) is 0 Å². The van der Waals surface area contributed by atoms with Crippen molar-refractivity contribution in [1.82, 2.24) is 0 Å². The number of nitrogens with two attached hydrogens (primary N) is 1. The van der Waals surface area contributed by atoms with Crippen molar-refractivity contribution in [2.24, 2.45) is 5.73 Å². The Labute approximate surface area is 109 Å². The van der Waals surface area contributed by atoms with Gasteiger partial charge in [0, 0.05) is 25.3 Å². The minimum atomic E-state index is -2.85. The van der Waals surface area contributed by atoms with Gasteiger partial charge in [-0.1, -0.05) is 17.7 Å². The Kier molecular flexibility index (Phi) is 3.64. The van der Waals surface area contributed by atoms with E-state index in [1.807, 2.05) is 26.1 Å². The van der Waals surface area contributed by atoms with Crippen LogP contribution in [0, 0.1) is 6.92 Å². The average molecular weight is 268 g/mol. The highest BCUT2D eigenvalue weighted by Crippen LogP contribution is 2.26. The first-order valence-corrected chi connectivity index (χ1v) is 7.98. The fourth-order valence-electron chi connectivity index (χ4n) is 2.50. The molecule has 1 unspecified atom stereocenters. The number of nitrogens with zero attached hydrogens (tertiary/aromatic N) is 1. The van der Waals surface area contributed by atoms with E-state index < -0.39 is 9.84 Å². The van der Waals surface area contributed by atoms with Crippen molar-refractivity contribution in [2.45, 2.75) is 25.9 Å². The highest BCUT2D eigenvalue weighted by molar-refractivity contribution is 7.91. The summed E-state index contributed by atoms with van der Waals surface area (Å²) in [6, 6.07) is 6.20. The summed E-state index contributed by atoms with van der Waals surface area (Å²) in [5, 5.41) is 0. The molecule has 1 aromatic rings. The van der Waals surface area contributed by atoms with Crippen molar-refractivity contribution in [1.29, 1.82) is 0 Å². The monoisotopic (exact) mass is 268 g/mol. The van der Waals surface area contributed by atoms with E-state index >= 15 is 0 Å². The topological polar surface area (TPSA) is 63.4 Å². The Morgan fingerprint density at radius 3 is 2.72 bits per heavy atom. The molecule has 5 heteroatoms. The highest BCUT2D eigenvalue weighted by atomic mass is 32.2. The maximum Gasteiger partial charge on any atom is 0.152 e. The van der Waals surface area contributed by atoms with Crippen molar-refractivity contribution in [2.75, 3.05) is 23.5 Å². The van der Waals surface area contributed by atoms with Crippen LogP contribution >= 0.6 is 0 Å². The molecule has 1 fully saturated rings. The van der Waals surface area contributed by atoms with E-state index in [1.165, 1.54) is 5.56 Å². The maximum atomic E-state index is 11.5. The minimum absolute atomic E-state index is 0.0722. The quantitative estimate of drug-likeness (QED) is 0.891. The van der Waals surface area contributed by atoms with Gasteiger partial charge in [-0.25, -0.2) is 8.42 Å². The van der Waals surface area contributed by atoms with Gasteiger partial charge < -0.3 is 10.6 Å². The molecule has 1 heterocycles. The van der Waals surface area contributed by atoms with Crippen LogP contribution in [0.5, 0.6) is 0 Å². The molecule has 0 aromatic heterocycles. The number of aryl methyl sites for hydroxylation is 1. The number of benzene rings is 1. The first kappa shape index (κ1) is 13.4. The number of hydrogen-bond donors (Lipinski definition) is 1. The van der Waals surface area contributed by atoms with Gasteiger partial charge in [0.2, 0.25) is 0 Å². The fourth-order valence-corrected chi connectivity index (χ4v) is 4.27. The van der Waals surface area contributed by atoms with Crippen LogP contribution in [-0.4, -0.2) is 33.0 Å². The standard InChI is InChI=1S/C13H20N2O2S/c1-10-3-4-13(11(7-10)8-14)15(2)12-5-6-18(16,17)9-12/h3-4,7,12H,5-6,8-9,14H2,1-2H3. The van der Waals surface area contributed by atoms with Crippen molar-refractivity contribution < 1.29 is 8.42 Å². The lowest BCUT2D eigenvalue weighted by Gasteiger charge is -2.28. The molecule has 1 atom stereocenters. The molecule has 4 nitrogen and oxygen atoms in total. The third-order valence-corrected chi connectivity index (χ3v) is 5.34. The lowest BCUT2D eigenvalue weighted by Crippen LogP contribution is -2.33. The summed E-state index contributed by atoms with van der Waals surface area (Å²) in [5.74, 6) is 0.549. The van der Waals surface area contributed by atoms with Crippen LogP contribution in [0.15, 0.2) is 18.2 Å². The Balaban J connectivity index is 2.26. The molecule has 0 spiro atoms. The fraction of sp³-hybridized carbons (Fsp3) is 0.538. The van der Waals surface area contributed by atoms with Crippen LogP contribution in [0.1, 0.15) is 17.5 Å². The zero-order valence-electron chi connectivity index (χ0n) is 10.9. The minimum Gasteiger partial charge on any atom is -0.370 e. The molecule has 2 N–H and O–H groups in total. The van der Waals surface area contributed by atoms with Crippen LogP contribution in [-0.2, 0) is 16.4 Å². The molecule has 1 aromatic carbocycles. The largest absolute Gasteiger partial charge is 0.370 e. The van der Waals surface area contributed by atoms with Crippen LogP contribution in [0.2, 0.25) is 0 Å². The molecule has 1 aliphatic rings. The molecule has 0 saturated carbocycles. The molecule has 0 radical (unpaired) electrons. The van der Waals surface area contributed by atoms with Gasteiger partial charge in [-0.3, -0.25) is 0 Å². The van der Waals surface area contributed by atoms with E-state index in [4.69, 9.17) is 5.73 Å². The van der Waals surface area contributed by atoms with Crippen LogP contribution in [0.25, 0.3) is 0 Å². The third kappa shape index (κ3) is 2.67. The number of anilines is 1. The average Bonchev–Trinajstić information content (AvgIpc) is 2.68. The van der Waals surface area contributed by atoms with E-state index in [9.17, 15) is 8.42 Å². The Bertz CT molecular complexity index is 540. The second-order valence-corrected chi connectivity index (χ2v) is 7.23. The van der Waals surface area contributed by atoms with Crippen LogP contribution in [0.3, 0.4) is 0 Å². The first-order valence-electron chi connectivity index (χ1n) is 6.16. The van der Waals surface area contributed by atoms with Gasteiger partial charge in [0.05, 0.1) is 11.5 Å². The van der Waals surface area contributed by atoms with Crippen molar-refractivity contribution in [3.05, 3.63) is 29.3 Å². The number of rotatable bonds is 3. The molecule has 18 heavy (non-hydrogen) atoms. The van der Waals surface area contributed by atoms with Crippen molar-refractivity contribution in [3.63, 3.8) is 0 Å². The normalized spacial score (nSPS) is 22.1. The van der Waals surface area contributed by atoms with Gasteiger partial charge in [0.1, 0.15) is 0 Å². The lowest BCUT2D eigenvalue weighted by molar-refractivity contribution is 0.601. The molecule has 1 saturated heterocycles. The van der Waals surface area contributed by atoms with Gasteiger partial charge in [0.15, 0.2) is 9.84 Å². The Hall–Kier alpha value is -1.07. The SMILES string of the molecule is Cc1ccc(N(C)C2CCS(=O)(=O)C2)c(CN)c1. The number of sulfone groups is 1. The van der Waals surface area contributed by atoms with E-state index in [1.54, 1.807) is 0 Å². The zero-order chi connectivity index (χ0) is 13.3. The Morgan fingerprint density at radius 2 is 2.17 bits per heavy atom. The first-order chi connectivity index (χ1) is 8.43. The summed E-state index contributed by atoms with van der Waals surface area (Å²) in [4.78, 5) is 2.06. The lowest BCUT2D eigenvalue weighted by atomic mass is 10.1. The van der Waals surface area contributed by atoms with Gasteiger partial charge in [-0.15, -0.1) is 0 Å². The summed E-state index contributed by atoms with van der Waals surface area (Å²) < 4.78 is 23.1. The van der Waals surface area contributed by atoms with E-state index in [0.717, 1.165) is 11.3 Å². The van der Waals surface area contributed by atoms with E-state index in [0.29, 0.717) is 18.7 Å². The van der Waals surface area contributed by atoms with Gasteiger partial charge in [0.25, 0.3) is 0 Å². The molecular weight excluding hydrogens is 248 g/mol. The maximum absolute atomic E-state index is 11.5. The second kappa shape index (κ2) is 4.90. The molecule has 100 valence electrons. The third-order valence-electron chi connectivity index (χ3n) is 3.59. The van der Waals surface area contributed by atoms with E-state index in [2.05, 4.69) is 11.0 Å². The summed E-state index contributed by atoms with van der Waals surface area (Å²) >= 11 is 0. The molecule has 0 bridgehead atoms. The number of hydrogen-bond acceptors (Lipinski definition) is 4. The summed E-state index contributed by atoms with van der Waals surface area (Å²) in [5.41, 5.74) is 9.05. The molecule has 0 amide bonds. The second-order valence-electron chi connectivity index (χ2n) is 5.00. The van der Waals surface area contributed by atoms with Crippen molar-refractivity contribution in [3.8, 4) is 0 Å². The predicted octanol–water partition coefficient (Wildman–Crippen LogP) is 1.08. The van der Waals surface area contributed by atoms with Crippen LogP contribution in [0.4, 0.5) is 5.69 Å². The molecular formula is C13H20N2O2S.